The van der Waals surface area contributed by atoms with Crippen LogP contribution < -0.4 is 26.4 Å². The Bertz CT molecular complexity index is 1140. The number of amides is 1. The highest BCUT2D eigenvalue weighted by Gasteiger charge is 2.36. The molecule has 0 atom stereocenters. The number of rotatable bonds is 8. The van der Waals surface area contributed by atoms with Crippen molar-refractivity contribution < 1.29 is 9.18 Å². The smallest absolute Gasteiger partial charge is 0.228 e. The van der Waals surface area contributed by atoms with E-state index in [1.54, 1.807) is 18.6 Å². The number of hydrogen-bond acceptors (Lipinski definition) is 6. The normalized spacial score (nSPS) is 18.9. The van der Waals surface area contributed by atoms with Gasteiger partial charge in [0, 0.05) is 25.2 Å². The van der Waals surface area contributed by atoms with Gasteiger partial charge in [0.15, 0.2) is 5.67 Å². The Morgan fingerprint density at radius 2 is 2.06 bits per heavy atom. The summed E-state index contributed by atoms with van der Waals surface area (Å²) in [6.45, 7) is 4.89. The Balaban J connectivity index is 1.61. The van der Waals surface area contributed by atoms with Gasteiger partial charge in [-0.05, 0) is 54.3 Å². The number of carbonyl (C=O) groups excluding carboxylic acids is 1. The number of nitrogens with one attached hydrogen (secondary N) is 3. The first-order valence-corrected chi connectivity index (χ1v) is 11.1. The Morgan fingerprint density at radius 3 is 2.72 bits per heavy atom. The van der Waals surface area contributed by atoms with Gasteiger partial charge in [-0.2, -0.15) is 0 Å². The van der Waals surface area contributed by atoms with E-state index in [0.29, 0.717) is 30.4 Å². The van der Waals surface area contributed by atoms with Gasteiger partial charge < -0.3 is 16.0 Å². The summed E-state index contributed by atoms with van der Waals surface area (Å²) in [5.41, 5.74) is 0.314. The van der Waals surface area contributed by atoms with Gasteiger partial charge in [0.05, 0.1) is 24.6 Å². The van der Waals surface area contributed by atoms with Crippen LogP contribution in [0.3, 0.4) is 0 Å². The number of carbonyl (C=O) groups is 1. The summed E-state index contributed by atoms with van der Waals surface area (Å²) in [6, 6.07) is 1.89. The number of alkyl halides is 1. The van der Waals surface area contributed by atoms with E-state index in [1.807, 2.05) is 25.1 Å². The zero-order valence-electron chi connectivity index (χ0n) is 18.5. The maximum atomic E-state index is 14.3. The number of nitrogens with zero attached hydrogens (tertiary/aromatic N) is 3. The monoisotopic (exact) mass is 436 g/mol. The largest absolute Gasteiger partial charge is 0.365 e. The first-order valence-electron chi connectivity index (χ1n) is 11.1. The number of anilines is 2. The van der Waals surface area contributed by atoms with Crippen LogP contribution in [0.25, 0.3) is 17.7 Å². The molecule has 8 heteroatoms. The molecule has 7 nitrogen and oxygen atoms in total. The summed E-state index contributed by atoms with van der Waals surface area (Å²) in [5, 5.41) is 10.8. The van der Waals surface area contributed by atoms with Gasteiger partial charge in [0.1, 0.15) is 11.6 Å². The molecule has 0 aromatic carbocycles. The zero-order valence-corrected chi connectivity index (χ0v) is 18.5. The summed E-state index contributed by atoms with van der Waals surface area (Å²) in [7, 11) is 0. The van der Waals surface area contributed by atoms with Crippen molar-refractivity contribution in [2.45, 2.75) is 38.8 Å². The van der Waals surface area contributed by atoms with E-state index in [9.17, 15) is 9.18 Å². The van der Waals surface area contributed by atoms with Crippen molar-refractivity contribution in [2.75, 3.05) is 30.3 Å². The lowest BCUT2D eigenvalue weighted by molar-refractivity contribution is -0.117. The minimum atomic E-state index is -1.24. The molecule has 2 aromatic rings. The average Bonchev–Trinajstić information content (AvgIpc) is 3.62. The van der Waals surface area contributed by atoms with Crippen LogP contribution in [0.1, 0.15) is 38.8 Å². The second kappa shape index (κ2) is 9.56. The summed E-state index contributed by atoms with van der Waals surface area (Å²) < 4.78 is 14.3. The molecule has 0 radical (unpaired) electrons. The lowest BCUT2D eigenvalue weighted by Crippen LogP contribution is -2.59. The lowest BCUT2D eigenvalue weighted by Gasteiger charge is -2.35. The molecule has 3 N–H and O–H groups in total. The van der Waals surface area contributed by atoms with Crippen molar-refractivity contribution in [2.24, 2.45) is 5.92 Å². The van der Waals surface area contributed by atoms with Crippen molar-refractivity contribution in [1.82, 2.24) is 20.3 Å². The van der Waals surface area contributed by atoms with Crippen molar-refractivity contribution >= 4 is 35.3 Å². The lowest BCUT2D eigenvalue weighted by atomic mass is 10.00. The van der Waals surface area contributed by atoms with Gasteiger partial charge in [0.25, 0.3) is 0 Å². The summed E-state index contributed by atoms with van der Waals surface area (Å²) >= 11 is 0. The predicted octanol–water partition coefficient (Wildman–Crippen LogP) is 2.02. The maximum absolute atomic E-state index is 14.3. The molecule has 2 aliphatic rings. The van der Waals surface area contributed by atoms with E-state index in [4.69, 9.17) is 0 Å². The molecule has 2 aromatic heterocycles. The molecule has 3 heterocycles. The van der Waals surface area contributed by atoms with E-state index >= 15 is 0 Å². The fraction of sp³-hybridized carbons (Fsp3) is 0.417. The molecule has 1 saturated carbocycles. The molecule has 168 valence electrons. The quantitative estimate of drug-likeness (QED) is 0.587. The molecular formula is C24H29FN6O. The van der Waals surface area contributed by atoms with Gasteiger partial charge in [-0.15, -0.1) is 0 Å². The molecule has 0 spiro atoms. The molecule has 1 saturated heterocycles. The number of hydrogen-bond donors (Lipinski definition) is 3. The minimum Gasteiger partial charge on any atom is -0.365 e. The van der Waals surface area contributed by atoms with Gasteiger partial charge in [-0.25, -0.2) is 14.4 Å². The van der Waals surface area contributed by atoms with Crippen LogP contribution in [-0.2, 0) is 4.79 Å². The summed E-state index contributed by atoms with van der Waals surface area (Å²) in [6.07, 6.45) is 13.9. The number of pyridine rings is 1. The van der Waals surface area contributed by atoms with Crippen LogP contribution in [0, 0.1) is 5.92 Å². The molecular weight excluding hydrogens is 407 g/mol. The average molecular weight is 437 g/mol. The van der Waals surface area contributed by atoms with Crippen molar-refractivity contribution in [3.8, 4) is 0 Å². The van der Waals surface area contributed by atoms with Crippen LogP contribution in [0.5, 0.6) is 0 Å². The third-order valence-corrected chi connectivity index (χ3v) is 5.61. The highest BCUT2D eigenvalue weighted by molar-refractivity contribution is 5.93. The predicted molar refractivity (Wildman–Crippen MR) is 125 cm³/mol. The number of allylic oxidation sites excluding steroid dienone is 2. The van der Waals surface area contributed by atoms with Gasteiger partial charge >= 0.3 is 0 Å². The van der Waals surface area contributed by atoms with Crippen LogP contribution in [0.15, 0.2) is 30.7 Å². The third kappa shape index (κ3) is 5.37. The molecule has 2 fully saturated rings. The summed E-state index contributed by atoms with van der Waals surface area (Å²) in [5.74, 6) is 1.22. The molecule has 1 aliphatic carbocycles. The zero-order chi connectivity index (χ0) is 22.6. The van der Waals surface area contributed by atoms with E-state index in [1.165, 1.54) is 0 Å². The van der Waals surface area contributed by atoms with Crippen molar-refractivity contribution in [3.63, 3.8) is 0 Å². The van der Waals surface area contributed by atoms with Crippen molar-refractivity contribution in [1.29, 1.82) is 0 Å². The van der Waals surface area contributed by atoms with Crippen LogP contribution in [0.4, 0.5) is 16.0 Å². The van der Waals surface area contributed by atoms with Gasteiger partial charge in [0.2, 0.25) is 5.91 Å². The highest BCUT2D eigenvalue weighted by Crippen LogP contribution is 2.29. The van der Waals surface area contributed by atoms with E-state index in [-0.39, 0.29) is 18.4 Å². The van der Waals surface area contributed by atoms with Crippen molar-refractivity contribution in [3.05, 3.63) is 46.9 Å². The highest BCUT2D eigenvalue weighted by atomic mass is 19.1. The van der Waals surface area contributed by atoms with Crippen LogP contribution >= 0.6 is 0 Å². The van der Waals surface area contributed by atoms with Crippen LogP contribution in [0.2, 0.25) is 0 Å². The number of aromatic nitrogens is 3. The first kappa shape index (κ1) is 22.1. The standard InChI is InChI=1S/C24H29FN6O/c1-3-5-18-10-28-21(31-23(32)17-6-7-17)9-19(18)8-16(4-2)20-11-26-12-22(30-20)29-15-24(25)13-27-14-24/h4-5,8-12,17,27H,3,6-7,13-15H2,1-2H3,(H,29,30)(H,31,32)/b16-4+,18-5+,19-8-. The second-order valence-electron chi connectivity index (χ2n) is 8.36. The molecule has 32 heavy (non-hydrogen) atoms. The summed E-state index contributed by atoms with van der Waals surface area (Å²) in [4.78, 5) is 25.5. The number of halogens is 1. The van der Waals surface area contributed by atoms with Gasteiger partial charge in [-0.3, -0.25) is 9.78 Å². The SMILES string of the molecule is C\C=C(/C=c1/cc(NC(=O)C2CC2)nc/c1=C\CC)c1cncc(NCC2(F)CNC2)n1. The van der Waals surface area contributed by atoms with E-state index < -0.39 is 5.67 Å². The van der Waals surface area contributed by atoms with Crippen LogP contribution in [-0.4, -0.2) is 46.2 Å². The Hall–Kier alpha value is -3.13. The Morgan fingerprint density at radius 1 is 1.25 bits per heavy atom. The molecule has 1 amide bonds. The fourth-order valence-electron chi connectivity index (χ4n) is 3.47. The third-order valence-electron chi connectivity index (χ3n) is 5.61. The van der Waals surface area contributed by atoms with Gasteiger partial charge in [-0.1, -0.05) is 19.1 Å². The first-order chi connectivity index (χ1) is 15.5. The second-order valence-corrected chi connectivity index (χ2v) is 8.36. The molecule has 1 aliphatic heterocycles. The molecule has 4 rings (SSSR count). The Kier molecular flexibility index (Phi) is 6.60. The minimum absolute atomic E-state index is 0.0267. The molecule has 0 unspecified atom stereocenters. The Labute approximate surface area is 187 Å². The topological polar surface area (TPSA) is 91.8 Å². The fourth-order valence-corrected chi connectivity index (χ4v) is 3.47. The molecule has 0 bridgehead atoms. The van der Waals surface area contributed by atoms with E-state index in [0.717, 1.165) is 35.3 Å². The maximum Gasteiger partial charge on any atom is 0.228 e. The van der Waals surface area contributed by atoms with E-state index in [2.05, 4.69) is 43.9 Å².